The van der Waals surface area contributed by atoms with E-state index in [4.69, 9.17) is 4.74 Å². The Bertz CT molecular complexity index is 1260. The monoisotopic (exact) mass is 500 g/mol. The Labute approximate surface area is 217 Å². The van der Waals surface area contributed by atoms with Crippen molar-refractivity contribution in [3.63, 3.8) is 0 Å². The zero-order valence-electron chi connectivity index (χ0n) is 21.2. The van der Waals surface area contributed by atoms with Crippen LogP contribution in [0.4, 0.5) is 21.5 Å². The van der Waals surface area contributed by atoms with Crippen molar-refractivity contribution in [2.45, 2.75) is 12.5 Å². The third-order valence-corrected chi connectivity index (χ3v) is 8.15. The summed E-state index contributed by atoms with van der Waals surface area (Å²) in [5, 5.41) is 0. The van der Waals surface area contributed by atoms with E-state index in [1.165, 1.54) is 23.0 Å². The highest BCUT2D eigenvalue weighted by atomic mass is 19.1. The lowest BCUT2D eigenvalue weighted by molar-refractivity contribution is -0.136. The van der Waals surface area contributed by atoms with Gasteiger partial charge in [0, 0.05) is 63.3 Å². The SMILES string of the molecule is COc1ccc2c(c1)N1CCN(c3ccccc3)C[C@@H]1[C@H](C(=O)N1CCN(c3ccccc3F)CC1)C2. The van der Waals surface area contributed by atoms with E-state index < -0.39 is 0 Å². The molecule has 2 saturated heterocycles. The van der Waals surface area contributed by atoms with Crippen molar-refractivity contribution in [1.82, 2.24) is 4.90 Å². The van der Waals surface area contributed by atoms with Gasteiger partial charge in [-0.15, -0.1) is 0 Å². The molecular formula is C30H33FN4O2. The molecule has 192 valence electrons. The van der Waals surface area contributed by atoms with Crippen molar-refractivity contribution in [3.05, 3.63) is 84.2 Å². The molecule has 0 saturated carbocycles. The maximum Gasteiger partial charge on any atom is 0.228 e. The lowest BCUT2D eigenvalue weighted by Crippen LogP contribution is -2.62. The number of hydrogen-bond donors (Lipinski definition) is 0. The number of carbonyl (C=O) groups is 1. The topological polar surface area (TPSA) is 39.3 Å². The molecular weight excluding hydrogens is 467 g/mol. The first kappa shape index (κ1) is 23.6. The number of nitrogens with zero attached hydrogens (tertiary/aromatic N) is 4. The van der Waals surface area contributed by atoms with Crippen LogP contribution in [0.5, 0.6) is 5.75 Å². The first-order chi connectivity index (χ1) is 18.1. The highest BCUT2D eigenvalue weighted by Gasteiger charge is 2.43. The Kier molecular flexibility index (Phi) is 6.37. The normalized spacial score (nSPS) is 21.4. The molecule has 3 heterocycles. The van der Waals surface area contributed by atoms with Gasteiger partial charge in [0.05, 0.1) is 24.8 Å². The fourth-order valence-electron chi connectivity index (χ4n) is 6.17. The van der Waals surface area contributed by atoms with Crippen molar-refractivity contribution in [3.8, 4) is 5.75 Å². The number of piperazine rings is 2. The van der Waals surface area contributed by atoms with E-state index in [-0.39, 0.29) is 23.7 Å². The molecule has 3 aromatic rings. The first-order valence-electron chi connectivity index (χ1n) is 13.1. The molecule has 3 aliphatic rings. The van der Waals surface area contributed by atoms with Crippen LogP contribution >= 0.6 is 0 Å². The van der Waals surface area contributed by atoms with Crippen molar-refractivity contribution in [2.75, 3.05) is 67.6 Å². The summed E-state index contributed by atoms with van der Waals surface area (Å²) in [5.41, 5.74) is 4.20. The predicted octanol–water partition coefficient (Wildman–Crippen LogP) is 4.05. The highest BCUT2D eigenvalue weighted by Crippen LogP contribution is 2.39. The third-order valence-electron chi connectivity index (χ3n) is 8.15. The van der Waals surface area contributed by atoms with Gasteiger partial charge in [0.25, 0.3) is 0 Å². The molecule has 37 heavy (non-hydrogen) atoms. The minimum absolute atomic E-state index is 0.0747. The van der Waals surface area contributed by atoms with Crippen molar-refractivity contribution < 1.29 is 13.9 Å². The van der Waals surface area contributed by atoms with E-state index in [1.54, 1.807) is 13.2 Å². The lowest BCUT2D eigenvalue weighted by atomic mass is 9.82. The van der Waals surface area contributed by atoms with Crippen LogP contribution in [0, 0.1) is 11.7 Å². The second kappa shape index (κ2) is 9.96. The lowest BCUT2D eigenvalue weighted by Gasteiger charge is -2.50. The molecule has 0 aromatic heterocycles. The molecule has 3 aliphatic heterocycles. The first-order valence-corrected chi connectivity index (χ1v) is 13.1. The van der Waals surface area contributed by atoms with Crippen LogP contribution in [0.3, 0.4) is 0 Å². The number of carbonyl (C=O) groups excluding carboxylic acids is 1. The standard InChI is InChI=1S/C30H33FN4O2/c1-37-24-12-11-22-19-25(30(36)33-15-13-32(14-16-33)27-10-6-5-9-26(27)31)29-21-34(23-7-3-2-4-8-23)17-18-35(29)28(22)20-24/h2-12,20,25,29H,13-19,21H2,1H3/t25-,29-/m1/s1. The number of halogens is 1. The summed E-state index contributed by atoms with van der Waals surface area (Å²) in [6.07, 6.45) is 0.718. The smallest absolute Gasteiger partial charge is 0.228 e. The van der Waals surface area contributed by atoms with Crippen LogP contribution < -0.4 is 19.4 Å². The van der Waals surface area contributed by atoms with Crippen LogP contribution in [0.2, 0.25) is 0 Å². The molecule has 0 unspecified atom stereocenters. The average Bonchev–Trinajstić information content (AvgIpc) is 2.96. The summed E-state index contributed by atoms with van der Waals surface area (Å²) < 4.78 is 19.9. The summed E-state index contributed by atoms with van der Waals surface area (Å²) in [6, 6.07) is 23.7. The number of hydrogen-bond acceptors (Lipinski definition) is 5. The molecule has 3 aromatic carbocycles. The predicted molar refractivity (Wildman–Crippen MR) is 145 cm³/mol. The van der Waals surface area contributed by atoms with E-state index in [2.05, 4.69) is 46.2 Å². The number of benzene rings is 3. The average molecular weight is 501 g/mol. The van der Waals surface area contributed by atoms with Gasteiger partial charge in [-0.2, -0.15) is 0 Å². The van der Waals surface area contributed by atoms with E-state index in [9.17, 15) is 9.18 Å². The van der Waals surface area contributed by atoms with Gasteiger partial charge in [-0.1, -0.05) is 36.4 Å². The largest absolute Gasteiger partial charge is 0.497 e. The number of rotatable bonds is 4. The molecule has 6 nitrogen and oxygen atoms in total. The molecule has 6 rings (SSSR count). The Balaban J connectivity index is 1.24. The van der Waals surface area contributed by atoms with Crippen LogP contribution in [-0.4, -0.2) is 69.8 Å². The fourth-order valence-corrected chi connectivity index (χ4v) is 6.17. The Morgan fingerprint density at radius 1 is 0.838 bits per heavy atom. The number of amides is 1. The van der Waals surface area contributed by atoms with Gasteiger partial charge in [-0.3, -0.25) is 4.79 Å². The van der Waals surface area contributed by atoms with E-state index in [1.807, 2.05) is 34.1 Å². The quantitative estimate of drug-likeness (QED) is 0.541. The van der Waals surface area contributed by atoms with Gasteiger partial charge < -0.3 is 24.3 Å². The maximum absolute atomic E-state index is 14.3. The zero-order chi connectivity index (χ0) is 25.4. The molecule has 2 fully saturated rings. The van der Waals surface area contributed by atoms with Crippen molar-refractivity contribution >= 4 is 23.0 Å². The number of para-hydroxylation sites is 2. The summed E-state index contributed by atoms with van der Waals surface area (Å²) in [5.74, 6) is 0.712. The van der Waals surface area contributed by atoms with Gasteiger partial charge >= 0.3 is 0 Å². The third kappa shape index (κ3) is 4.47. The van der Waals surface area contributed by atoms with Crippen LogP contribution in [0.1, 0.15) is 5.56 Å². The molecule has 0 bridgehead atoms. The van der Waals surface area contributed by atoms with E-state index in [0.29, 0.717) is 31.9 Å². The van der Waals surface area contributed by atoms with Crippen LogP contribution in [0.15, 0.2) is 72.8 Å². The van der Waals surface area contributed by atoms with Crippen molar-refractivity contribution in [2.24, 2.45) is 5.92 Å². The summed E-state index contributed by atoms with van der Waals surface area (Å²) in [4.78, 5) is 22.9. The molecule has 7 heteroatoms. The summed E-state index contributed by atoms with van der Waals surface area (Å²) >= 11 is 0. The van der Waals surface area contributed by atoms with Gasteiger partial charge in [0.15, 0.2) is 0 Å². The van der Waals surface area contributed by atoms with Crippen molar-refractivity contribution in [1.29, 1.82) is 0 Å². The van der Waals surface area contributed by atoms with Crippen LogP contribution in [0.25, 0.3) is 0 Å². The molecule has 1 amide bonds. The Morgan fingerprint density at radius 2 is 1.57 bits per heavy atom. The molecule has 2 atom stereocenters. The Hall–Kier alpha value is -3.74. The zero-order valence-corrected chi connectivity index (χ0v) is 21.2. The molecule has 0 spiro atoms. The van der Waals surface area contributed by atoms with E-state index >= 15 is 0 Å². The second-order valence-corrected chi connectivity index (χ2v) is 10.1. The van der Waals surface area contributed by atoms with Gasteiger partial charge in [-0.25, -0.2) is 4.39 Å². The summed E-state index contributed by atoms with van der Waals surface area (Å²) in [6.45, 7) is 5.04. The van der Waals surface area contributed by atoms with Crippen LogP contribution in [-0.2, 0) is 11.2 Å². The number of fused-ring (bicyclic) bond motifs is 3. The minimum atomic E-state index is -0.208. The van der Waals surface area contributed by atoms with E-state index in [0.717, 1.165) is 31.8 Å². The number of anilines is 3. The number of methoxy groups -OCH3 is 1. The summed E-state index contributed by atoms with van der Waals surface area (Å²) in [7, 11) is 1.70. The van der Waals surface area contributed by atoms with Gasteiger partial charge in [-0.05, 0) is 42.3 Å². The molecule has 0 aliphatic carbocycles. The van der Waals surface area contributed by atoms with Gasteiger partial charge in [0.1, 0.15) is 11.6 Å². The minimum Gasteiger partial charge on any atom is -0.497 e. The second-order valence-electron chi connectivity index (χ2n) is 10.1. The molecule has 0 radical (unpaired) electrons. The van der Waals surface area contributed by atoms with Gasteiger partial charge in [0.2, 0.25) is 5.91 Å². The fraction of sp³-hybridized carbons (Fsp3) is 0.367. The maximum atomic E-state index is 14.3. The number of ether oxygens (including phenoxy) is 1. The molecule has 0 N–H and O–H groups in total. The Morgan fingerprint density at radius 3 is 2.32 bits per heavy atom. The highest BCUT2D eigenvalue weighted by molar-refractivity contribution is 5.83.